The first-order valence-corrected chi connectivity index (χ1v) is 10.6. The van der Waals surface area contributed by atoms with Crippen LogP contribution < -0.4 is 24.7 Å². The summed E-state index contributed by atoms with van der Waals surface area (Å²) in [6.07, 6.45) is 0.799. The first-order chi connectivity index (χ1) is 15.4. The number of hydrogen-bond donors (Lipinski definition) is 0. The fraction of sp³-hybridized carbons (Fsp3) is 0.435. The van der Waals surface area contributed by atoms with E-state index >= 15 is 0 Å². The molecule has 3 aromatic rings. The van der Waals surface area contributed by atoms with Gasteiger partial charge in [0.15, 0.2) is 23.0 Å². The lowest BCUT2D eigenvalue weighted by molar-refractivity contribution is 0.169. The number of aryl methyl sites for hydroxylation is 2. The Morgan fingerprint density at radius 3 is 2.68 bits per heavy atom. The van der Waals surface area contributed by atoms with Crippen LogP contribution in [0.4, 0.5) is 5.82 Å². The van der Waals surface area contributed by atoms with E-state index in [2.05, 4.69) is 15.0 Å². The molecule has 0 atom stereocenters. The lowest BCUT2D eigenvalue weighted by Crippen LogP contribution is -2.39. The first kappa shape index (κ1) is 18.5. The summed E-state index contributed by atoms with van der Waals surface area (Å²) in [7, 11) is 0. The van der Waals surface area contributed by atoms with Gasteiger partial charge < -0.3 is 19.1 Å². The third-order valence-electron chi connectivity index (χ3n) is 5.54. The van der Waals surface area contributed by atoms with E-state index in [-0.39, 0.29) is 5.56 Å². The number of piperidine rings is 1. The largest absolute Gasteiger partial charge is 0.490 e. The third-order valence-corrected chi connectivity index (χ3v) is 5.54. The Morgan fingerprint density at radius 2 is 1.87 bits per heavy atom. The molecule has 0 unspecified atom stereocenters. The molecule has 0 aliphatic carbocycles. The minimum Gasteiger partial charge on any atom is -0.490 e. The standard InChI is InChI=1S/C23H26N4O4/c1-15-12-21-24-16(2)13-22(28)27(21)25-23(15)26-8-6-17(7-9-26)31-18-4-5-19-20(14-18)30-11-3-10-29-19/h4-5,12-14,17H,3,6-11H2,1-2H3/i17D. The van der Waals surface area contributed by atoms with Gasteiger partial charge in [0, 0.05) is 50.2 Å². The topological polar surface area (TPSA) is 78.2 Å². The van der Waals surface area contributed by atoms with Crippen molar-refractivity contribution < 1.29 is 15.6 Å². The van der Waals surface area contributed by atoms with Crippen LogP contribution in [-0.4, -0.2) is 47.0 Å². The molecular weight excluding hydrogens is 396 g/mol. The second-order valence-electron chi connectivity index (χ2n) is 7.94. The molecule has 1 fully saturated rings. The average molecular weight is 423 g/mol. The number of hydrogen-bond acceptors (Lipinski definition) is 7. The molecule has 2 aliphatic heterocycles. The normalized spacial score (nSPS) is 18.4. The van der Waals surface area contributed by atoms with Gasteiger partial charge in [-0.25, -0.2) is 4.98 Å². The highest BCUT2D eigenvalue weighted by molar-refractivity contribution is 5.53. The van der Waals surface area contributed by atoms with Gasteiger partial charge in [-0.15, -0.1) is 5.10 Å². The van der Waals surface area contributed by atoms with Crippen molar-refractivity contribution in [2.75, 3.05) is 31.2 Å². The summed E-state index contributed by atoms with van der Waals surface area (Å²) < 4.78 is 27.7. The highest BCUT2D eigenvalue weighted by atomic mass is 16.5. The monoisotopic (exact) mass is 423 g/mol. The van der Waals surface area contributed by atoms with Crippen molar-refractivity contribution in [3.63, 3.8) is 0 Å². The lowest BCUT2D eigenvalue weighted by Gasteiger charge is -2.33. The van der Waals surface area contributed by atoms with E-state index in [0.29, 0.717) is 67.7 Å². The molecule has 5 rings (SSSR count). The van der Waals surface area contributed by atoms with E-state index in [0.717, 1.165) is 17.8 Å². The number of nitrogens with zero attached hydrogens (tertiary/aromatic N) is 4. The predicted molar refractivity (Wildman–Crippen MR) is 117 cm³/mol. The summed E-state index contributed by atoms with van der Waals surface area (Å²) in [4.78, 5) is 18.9. The maximum absolute atomic E-state index is 12.3. The maximum atomic E-state index is 12.3. The summed E-state index contributed by atoms with van der Waals surface area (Å²) in [6.45, 7) is 6.20. The molecular formula is C23H26N4O4. The minimum absolute atomic E-state index is 0.196. The van der Waals surface area contributed by atoms with Crippen LogP contribution in [-0.2, 0) is 0 Å². The Kier molecular flexibility index (Phi) is 4.82. The van der Waals surface area contributed by atoms with Gasteiger partial charge in [-0.1, -0.05) is 0 Å². The number of aromatic nitrogens is 3. The van der Waals surface area contributed by atoms with Crippen LogP contribution >= 0.6 is 0 Å². The summed E-state index contributed by atoms with van der Waals surface area (Å²) >= 11 is 0. The van der Waals surface area contributed by atoms with E-state index in [1.807, 2.05) is 25.1 Å². The summed E-state index contributed by atoms with van der Waals surface area (Å²) in [6, 6.07) is 8.83. The Bertz CT molecular complexity index is 1220. The fourth-order valence-electron chi connectivity index (χ4n) is 4.00. The van der Waals surface area contributed by atoms with Gasteiger partial charge in [0.1, 0.15) is 11.8 Å². The molecule has 1 aromatic carbocycles. The number of rotatable bonds is 3. The first-order valence-electron chi connectivity index (χ1n) is 11.1. The predicted octanol–water partition coefficient (Wildman–Crippen LogP) is 2.92. The van der Waals surface area contributed by atoms with Crippen LogP contribution in [0.1, 0.15) is 31.9 Å². The van der Waals surface area contributed by atoms with Crippen molar-refractivity contribution in [2.24, 2.45) is 0 Å². The molecule has 0 amide bonds. The van der Waals surface area contributed by atoms with Crippen LogP contribution in [0.15, 0.2) is 35.1 Å². The van der Waals surface area contributed by atoms with Crippen LogP contribution in [0.25, 0.3) is 5.65 Å². The van der Waals surface area contributed by atoms with Crippen molar-refractivity contribution in [3.8, 4) is 17.2 Å². The Balaban J connectivity index is 1.32. The van der Waals surface area contributed by atoms with Crippen LogP contribution in [0.5, 0.6) is 17.2 Å². The van der Waals surface area contributed by atoms with E-state index in [9.17, 15) is 4.79 Å². The van der Waals surface area contributed by atoms with Gasteiger partial charge in [-0.05, 0) is 37.6 Å². The van der Waals surface area contributed by atoms with Crippen molar-refractivity contribution in [2.45, 2.75) is 39.2 Å². The molecule has 162 valence electrons. The molecule has 0 saturated carbocycles. The van der Waals surface area contributed by atoms with Gasteiger partial charge in [0.05, 0.1) is 14.6 Å². The Labute approximate surface area is 181 Å². The zero-order chi connectivity index (χ0) is 22.3. The van der Waals surface area contributed by atoms with Crippen molar-refractivity contribution in [3.05, 3.63) is 51.9 Å². The van der Waals surface area contributed by atoms with E-state index < -0.39 is 6.08 Å². The molecule has 8 heteroatoms. The number of ether oxygens (including phenoxy) is 3. The Hall–Kier alpha value is -3.29. The summed E-state index contributed by atoms with van der Waals surface area (Å²) in [5.74, 6) is 2.71. The highest BCUT2D eigenvalue weighted by Gasteiger charge is 2.24. The second-order valence-corrected chi connectivity index (χ2v) is 7.94. The molecule has 8 nitrogen and oxygen atoms in total. The van der Waals surface area contributed by atoms with E-state index in [1.165, 1.54) is 10.6 Å². The molecule has 1 saturated heterocycles. The smallest absolute Gasteiger partial charge is 0.274 e. The highest BCUT2D eigenvalue weighted by Crippen LogP contribution is 2.34. The fourth-order valence-corrected chi connectivity index (χ4v) is 4.00. The molecule has 2 aromatic heterocycles. The number of benzene rings is 1. The summed E-state index contributed by atoms with van der Waals surface area (Å²) in [5.41, 5.74) is 1.97. The van der Waals surface area contributed by atoms with E-state index in [4.69, 9.17) is 15.6 Å². The molecule has 2 aliphatic rings. The molecule has 31 heavy (non-hydrogen) atoms. The average Bonchev–Trinajstić information content (AvgIpc) is 2.99. The molecule has 0 bridgehead atoms. The van der Waals surface area contributed by atoms with Gasteiger partial charge in [0.25, 0.3) is 5.56 Å². The van der Waals surface area contributed by atoms with Gasteiger partial charge in [-0.3, -0.25) is 4.79 Å². The number of anilines is 1. The van der Waals surface area contributed by atoms with Crippen LogP contribution in [0, 0.1) is 13.8 Å². The van der Waals surface area contributed by atoms with Gasteiger partial charge in [-0.2, -0.15) is 4.52 Å². The zero-order valence-corrected chi connectivity index (χ0v) is 17.8. The minimum atomic E-state index is -1.05. The Morgan fingerprint density at radius 1 is 1.10 bits per heavy atom. The zero-order valence-electron chi connectivity index (χ0n) is 18.8. The SMILES string of the molecule is [2H]C1(Oc2ccc3c(c2)OCCCO3)CCN(c2nn3c(=O)cc(C)nc3cc2C)CC1. The third kappa shape index (κ3) is 4.02. The quantitative estimate of drug-likeness (QED) is 0.641. The van der Waals surface area contributed by atoms with Gasteiger partial charge in [0.2, 0.25) is 0 Å². The molecule has 0 spiro atoms. The summed E-state index contributed by atoms with van der Waals surface area (Å²) in [5, 5.41) is 4.56. The lowest BCUT2D eigenvalue weighted by atomic mass is 10.1. The van der Waals surface area contributed by atoms with Crippen molar-refractivity contribution in [1.82, 2.24) is 14.6 Å². The molecule has 0 N–H and O–H groups in total. The van der Waals surface area contributed by atoms with Crippen molar-refractivity contribution >= 4 is 11.5 Å². The van der Waals surface area contributed by atoms with Gasteiger partial charge >= 0.3 is 0 Å². The molecule has 0 radical (unpaired) electrons. The van der Waals surface area contributed by atoms with E-state index in [1.54, 1.807) is 13.0 Å². The van der Waals surface area contributed by atoms with Crippen molar-refractivity contribution in [1.29, 1.82) is 0 Å². The number of fused-ring (bicyclic) bond motifs is 2. The maximum Gasteiger partial charge on any atom is 0.274 e. The van der Waals surface area contributed by atoms with Crippen LogP contribution in [0.2, 0.25) is 0 Å². The van der Waals surface area contributed by atoms with Crippen LogP contribution in [0.3, 0.4) is 0 Å². The molecule has 4 heterocycles. The second kappa shape index (κ2) is 8.09.